The molecule has 0 aliphatic carbocycles. The van der Waals surface area contributed by atoms with E-state index in [1.54, 1.807) is 12.1 Å². The summed E-state index contributed by atoms with van der Waals surface area (Å²) in [5.41, 5.74) is -0.756. The number of aryl methyl sites for hydroxylation is 1. The summed E-state index contributed by atoms with van der Waals surface area (Å²) in [7, 11) is 0. The third-order valence-corrected chi connectivity index (χ3v) is 4.58. The van der Waals surface area contributed by atoms with E-state index >= 15 is 0 Å². The van der Waals surface area contributed by atoms with Gasteiger partial charge in [-0.25, -0.2) is 0 Å². The second-order valence-corrected chi connectivity index (χ2v) is 7.06. The molecule has 0 aliphatic rings. The molecule has 6 nitrogen and oxygen atoms in total. The summed E-state index contributed by atoms with van der Waals surface area (Å²) in [6.45, 7) is 1.86. The van der Waals surface area contributed by atoms with Crippen LogP contribution in [0.4, 0.5) is 13.2 Å². The van der Waals surface area contributed by atoms with Crippen molar-refractivity contribution >= 4 is 29.1 Å². The molecule has 1 aromatic heterocycles. The van der Waals surface area contributed by atoms with Gasteiger partial charge in [0.15, 0.2) is 0 Å². The number of alkyl halides is 3. The van der Waals surface area contributed by atoms with Gasteiger partial charge < -0.3 is 16.0 Å². The Morgan fingerprint density at radius 3 is 2.11 bits per heavy atom. The van der Waals surface area contributed by atoms with E-state index in [0.717, 1.165) is 29.1 Å². The summed E-state index contributed by atoms with van der Waals surface area (Å²) in [5, 5.41) is 7.49. The van der Waals surface area contributed by atoms with Crippen LogP contribution in [0, 0.1) is 6.92 Å². The number of nitrogens with one attached hydrogen (secondary N) is 3. The average Bonchev–Trinajstić information content (AvgIpc) is 3.09. The normalized spacial score (nSPS) is 11.0. The third kappa shape index (κ3) is 6.38. The van der Waals surface area contributed by atoms with Gasteiger partial charge in [-0.15, -0.1) is 11.3 Å². The largest absolute Gasteiger partial charge is 0.416 e. The number of hydrogen-bond donors (Lipinski definition) is 3. The Morgan fingerprint density at radius 2 is 1.54 bits per heavy atom. The molecule has 1 aromatic carbocycles. The van der Waals surface area contributed by atoms with Crippen LogP contribution < -0.4 is 16.0 Å². The second kappa shape index (κ2) is 9.36. The Labute approximate surface area is 163 Å². The second-order valence-electron chi connectivity index (χ2n) is 5.77. The van der Waals surface area contributed by atoms with Crippen molar-refractivity contribution in [2.45, 2.75) is 13.1 Å². The zero-order valence-corrected chi connectivity index (χ0v) is 15.7. The Balaban J connectivity index is 1.67. The minimum Gasteiger partial charge on any atom is -0.353 e. The molecule has 0 spiro atoms. The van der Waals surface area contributed by atoms with E-state index in [1.165, 1.54) is 11.3 Å². The topological polar surface area (TPSA) is 87.3 Å². The Morgan fingerprint density at radius 1 is 0.893 bits per heavy atom. The van der Waals surface area contributed by atoms with E-state index in [0.29, 0.717) is 4.88 Å². The van der Waals surface area contributed by atoms with Crippen LogP contribution in [-0.4, -0.2) is 37.4 Å². The standard InChI is InChI=1S/C18H18F3N3O3S/c1-11-2-7-14(28-11)17(27)24-10-15(25)22-8-9-23-16(26)12-3-5-13(6-4-12)18(19,20)21/h2-7H,8-10H2,1H3,(H,22,25)(H,23,26)(H,24,27). The first-order chi connectivity index (χ1) is 13.2. The maximum atomic E-state index is 12.5. The number of hydrogen-bond acceptors (Lipinski definition) is 4. The first kappa shape index (κ1) is 21.4. The van der Waals surface area contributed by atoms with Gasteiger partial charge in [-0.1, -0.05) is 0 Å². The minimum absolute atomic E-state index is 0.0813. The molecule has 0 atom stereocenters. The number of carbonyl (C=O) groups is 3. The van der Waals surface area contributed by atoms with Crippen molar-refractivity contribution in [3.8, 4) is 0 Å². The summed E-state index contributed by atoms with van der Waals surface area (Å²) in [4.78, 5) is 36.9. The lowest BCUT2D eigenvalue weighted by Gasteiger charge is -2.09. The molecule has 0 bridgehead atoms. The molecule has 3 N–H and O–H groups in total. The maximum absolute atomic E-state index is 12.5. The predicted octanol–water partition coefficient (Wildman–Crippen LogP) is 2.35. The molecule has 0 fully saturated rings. The molecule has 2 aromatic rings. The molecule has 0 aliphatic heterocycles. The van der Waals surface area contributed by atoms with Crippen LogP contribution >= 0.6 is 11.3 Å². The number of benzene rings is 1. The summed E-state index contributed by atoms with van der Waals surface area (Å²) in [6, 6.07) is 7.29. The van der Waals surface area contributed by atoms with Gasteiger partial charge in [-0.05, 0) is 43.3 Å². The lowest BCUT2D eigenvalue weighted by Crippen LogP contribution is -2.40. The fourth-order valence-corrected chi connectivity index (χ4v) is 2.94. The highest BCUT2D eigenvalue weighted by molar-refractivity contribution is 7.13. The van der Waals surface area contributed by atoms with E-state index in [9.17, 15) is 27.6 Å². The van der Waals surface area contributed by atoms with E-state index in [2.05, 4.69) is 16.0 Å². The van der Waals surface area contributed by atoms with Gasteiger partial charge in [-0.3, -0.25) is 14.4 Å². The summed E-state index contributed by atoms with van der Waals surface area (Å²) in [5.74, 6) is -1.32. The number of halogens is 3. The molecule has 28 heavy (non-hydrogen) atoms. The molecule has 10 heteroatoms. The van der Waals surface area contributed by atoms with E-state index < -0.39 is 23.6 Å². The quantitative estimate of drug-likeness (QED) is 0.609. The summed E-state index contributed by atoms with van der Waals surface area (Å²) in [6.07, 6.45) is -4.46. The van der Waals surface area contributed by atoms with E-state index in [1.807, 2.05) is 6.92 Å². The number of carbonyl (C=O) groups excluding carboxylic acids is 3. The monoisotopic (exact) mass is 413 g/mol. The van der Waals surface area contributed by atoms with Crippen LogP contribution in [0.15, 0.2) is 36.4 Å². The molecule has 0 saturated carbocycles. The molecule has 150 valence electrons. The van der Waals surface area contributed by atoms with Crippen molar-refractivity contribution < 1.29 is 27.6 Å². The van der Waals surface area contributed by atoms with Crippen LogP contribution in [0.5, 0.6) is 0 Å². The van der Waals surface area contributed by atoms with Gasteiger partial charge in [-0.2, -0.15) is 13.2 Å². The van der Waals surface area contributed by atoms with Crippen molar-refractivity contribution in [2.24, 2.45) is 0 Å². The van der Waals surface area contributed by atoms with Gasteiger partial charge in [0.25, 0.3) is 11.8 Å². The Bertz CT molecular complexity index is 848. The van der Waals surface area contributed by atoms with E-state index in [-0.39, 0.29) is 31.1 Å². The zero-order chi connectivity index (χ0) is 20.7. The lowest BCUT2D eigenvalue weighted by molar-refractivity contribution is -0.137. The SMILES string of the molecule is Cc1ccc(C(=O)NCC(=O)NCCNC(=O)c2ccc(C(F)(F)F)cc2)s1. The Hall–Kier alpha value is -2.88. The van der Waals surface area contributed by atoms with E-state index in [4.69, 9.17) is 0 Å². The third-order valence-electron chi connectivity index (χ3n) is 3.58. The van der Waals surface area contributed by atoms with Crippen molar-refractivity contribution in [2.75, 3.05) is 19.6 Å². The highest BCUT2D eigenvalue weighted by atomic mass is 32.1. The fraction of sp³-hybridized carbons (Fsp3) is 0.278. The first-order valence-corrected chi connectivity index (χ1v) is 9.05. The highest BCUT2D eigenvalue weighted by Gasteiger charge is 2.30. The lowest BCUT2D eigenvalue weighted by atomic mass is 10.1. The minimum atomic E-state index is -4.46. The smallest absolute Gasteiger partial charge is 0.353 e. The molecule has 0 saturated heterocycles. The van der Waals surface area contributed by atoms with Gasteiger partial charge >= 0.3 is 6.18 Å². The summed E-state index contributed by atoms with van der Waals surface area (Å²) < 4.78 is 37.5. The molecular formula is C18H18F3N3O3S. The van der Waals surface area contributed by atoms with Crippen LogP contribution in [0.1, 0.15) is 30.5 Å². The fourth-order valence-electron chi connectivity index (χ4n) is 2.16. The molecule has 0 radical (unpaired) electrons. The van der Waals surface area contributed by atoms with Crippen molar-refractivity contribution in [3.05, 3.63) is 57.3 Å². The van der Waals surface area contributed by atoms with Crippen molar-refractivity contribution in [1.29, 1.82) is 0 Å². The van der Waals surface area contributed by atoms with Gasteiger partial charge in [0.2, 0.25) is 5.91 Å². The van der Waals surface area contributed by atoms with Gasteiger partial charge in [0.05, 0.1) is 17.0 Å². The number of thiophene rings is 1. The first-order valence-electron chi connectivity index (χ1n) is 8.23. The molecule has 0 unspecified atom stereocenters. The van der Waals surface area contributed by atoms with Crippen molar-refractivity contribution in [3.63, 3.8) is 0 Å². The van der Waals surface area contributed by atoms with Gasteiger partial charge in [0.1, 0.15) is 0 Å². The Kier molecular flexibility index (Phi) is 7.16. The van der Waals surface area contributed by atoms with Crippen LogP contribution in [0.25, 0.3) is 0 Å². The molecular weight excluding hydrogens is 395 g/mol. The number of rotatable bonds is 7. The number of amides is 3. The van der Waals surface area contributed by atoms with Gasteiger partial charge in [0, 0.05) is 23.5 Å². The summed E-state index contributed by atoms with van der Waals surface area (Å²) >= 11 is 1.32. The van der Waals surface area contributed by atoms with Crippen LogP contribution in [0.3, 0.4) is 0 Å². The predicted molar refractivity (Wildman–Crippen MR) is 98.2 cm³/mol. The maximum Gasteiger partial charge on any atom is 0.416 e. The average molecular weight is 413 g/mol. The molecule has 1 heterocycles. The molecule has 2 rings (SSSR count). The molecule has 3 amide bonds. The van der Waals surface area contributed by atoms with Crippen LogP contribution in [-0.2, 0) is 11.0 Å². The van der Waals surface area contributed by atoms with Crippen molar-refractivity contribution in [1.82, 2.24) is 16.0 Å². The zero-order valence-electron chi connectivity index (χ0n) is 14.9. The highest BCUT2D eigenvalue weighted by Crippen LogP contribution is 2.29. The van der Waals surface area contributed by atoms with Crippen LogP contribution in [0.2, 0.25) is 0 Å².